The monoisotopic (exact) mass is 286 g/mol. The maximum absolute atomic E-state index is 12.0. The summed E-state index contributed by atoms with van der Waals surface area (Å²) >= 11 is 0. The molecule has 1 fully saturated rings. The molecular formula is C16H22N4O. The molecule has 0 saturated carbocycles. The molecule has 0 unspecified atom stereocenters. The van der Waals surface area contributed by atoms with Crippen LogP contribution in [0.3, 0.4) is 0 Å². The Morgan fingerprint density at radius 1 is 1.38 bits per heavy atom. The minimum absolute atomic E-state index is 0.0214. The van der Waals surface area contributed by atoms with Crippen LogP contribution in [0.1, 0.15) is 25.3 Å². The summed E-state index contributed by atoms with van der Waals surface area (Å²) in [6, 6.07) is 9.57. The molecule has 2 rings (SSSR count). The predicted molar refractivity (Wildman–Crippen MR) is 82.9 cm³/mol. The predicted octanol–water partition coefficient (Wildman–Crippen LogP) is 1.57. The van der Waals surface area contributed by atoms with E-state index < -0.39 is 0 Å². The number of hydrogen-bond donors (Lipinski definition) is 2. The number of hydrogen-bond acceptors (Lipinski definition) is 4. The quantitative estimate of drug-likeness (QED) is 0.798. The van der Waals surface area contributed by atoms with Crippen LogP contribution in [-0.4, -0.2) is 43.0 Å². The molecule has 5 heteroatoms. The number of amides is 1. The lowest BCUT2D eigenvalue weighted by Crippen LogP contribution is -2.57. The van der Waals surface area contributed by atoms with E-state index in [-0.39, 0.29) is 5.91 Å². The Morgan fingerprint density at radius 2 is 2.10 bits per heavy atom. The third kappa shape index (κ3) is 4.55. The topological polar surface area (TPSA) is 68.2 Å². The van der Waals surface area contributed by atoms with Crippen molar-refractivity contribution in [3.05, 3.63) is 29.8 Å². The molecule has 0 aliphatic carbocycles. The van der Waals surface area contributed by atoms with E-state index in [4.69, 9.17) is 5.26 Å². The average Bonchev–Trinajstić information content (AvgIpc) is 2.44. The molecular weight excluding hydrogens is 264 g/mol. The van der Waals surface area contributed by atoms with Gasteiger partial charge in [-0.05, 0) is 37.2 Å². The van der Waals surface area contributed by atoms with Gasteiger partial charge in [-0.1, -0.05) is 6.92 Å². The molecule has 0 spiro atoms. The van der Waals surface area contributed by atoms with Gasteiger partial charge in [-0.2, -0.15) is 5.26 Å². The van der Waals surface area contributed by atoms with Gasteiger partial charge in [0.05, 0.1) is 11.6 Å². The van der Waals surface area contributed by atoms with Crippen molar-refractivity contribution in [3.63, 3.8) is 0 Å². The van der Waals surface area contributed by atoms with Crippen LogP contribution < -0.4 is 10.6 Å². The largest absolute Gasteiger partial charge is 0.326 e. The summed E-state index contributed by atoms with van der Waals surface area (Å²) in [7, 11) is 0. The zero-order valence-corrected chi connectivity index (χ0v) is 12.4. The van der Waals surface area contributed by atoms with Gasteiger partial charge in [-0.15, -0.1) is 0 Å². The van der Waals surface area contributed by atoms with Gasteiger partial charge < -0.3 is 10.6 Å². The molecule has 0 bridgehead atoms. The molecule has 1 saturated heterocycles. The van der Waals surface area contributed by atoms with Crippen molar-refractivity contribution >= 4 is 11.6 Å². The zero-order chi connectivity index (χ0) is 15.1. The molecule has 112 valence electrons. The van der Waals surface area contributed by atoms with E-state index in [1.165, 1.54) is 0 Å². The van der Waals surface area contributed by atoms with Gasteiger partial charge in [0.15, 0.2) is 0 Å². The molecule has 1 aliphatic rings. The Kier molecular flexibility index (Phi) is 5.73. The van der Waals surface area contributed by atoms with Crippen molar-refractivity contribution in [1.29, 1.82) is 5.26 Å². The Balaban J connectivity index is 1.78. The maximum atomic E-state index is 12.0. The van der Waals surface area contributed by atoms with Crippen molar-refractivity contribution in [3.8, 4) is 6.07 Å². The van der Waals surface area contributed by atoms with Crippen LogP contribution in [0.5, 0.6) is 0 Å². The number of rotatable bonds is 7. The smallest absolute Gasteiger partial charge is 0.225 e. The van der Waals surface area contributed by atoms with E-state index in [1.807, 2.05) is 0 Å². The number of nitriles is 1. The van der Waals surface area contributed by atoms with Crippen LogP contribution in [0.15, 0.2) is 24.3 Å². The summed E-state index contributed by atoms with van der Waals surface area (Å²) in [6.07, 6.45) is 1.60. The Bertz CT molecular complexity index is 502. The summed E-state index contributed by atoms with van der Waals surface area (Å²) in [4.78, 5) is 14.4. The normalized spacial score (nSPS) is 14.5. The first-order chi connectivity index (χ1) is 10.2. The van der Waals surface area contributed by atoms with Crippen molar-refractivity contribution in [2.24, 2.45) is 0 Å². The molecule has 1 aliphatic heterocycles. The second kappa shape index (κ2) is 7.77. The number of carbonyl (C=O) groups excluding carboxylic acids is 1. The van der Waals surface area contributed by atoms with E-state index >= 15 is 0 Å². The number of anilines is 1. The molecule has 0 atom stereocenters. The SMILES string of the molecule is CCCN(CCC(=O)Nc1ccc(C#N)cc1)C1CNC1. The summed E-state index contributed by atoms with van der Waals surface area (Å²) in [6.45, 7) is 6.04. The van der Waals surface area contributed by atoms with Crippen molar-refractivity contribution in [2.45, 2.75) is 25.8 Å². The molecule has 1 heterocycles. The van der Waals surface area contributed by atoms with Crippen molar-refractivity contribution in [1.82, 2.24) is 10.2 Å². The standard InChI is InChI=1S/C16H22N4O/c1-2-8-20(15-11-18-12-15)9-7-16(21)19-14-5-3-13(10-17)4-6-14/h3-6,15,18H,2,7-9,11-12H2,1H3,(H,19,21). The summed E-state index contributed by atoms with van der Waals surface area (Å²) < 4.78 is 0. The molecule has 1 aromatic carbocycles. The van der Waals surface area contributed by atoms with Crippen LogP contribution in [-0.2, 0) is 4.79 Å². The highest BCUT2D eigenvalue weighted by Gasteiger charge is 2.23. The number of carbonyl (C=O) groups is 1. The van der Waals surface area contributed by atoms with Gasteiger partial charge in [-0.25, -0.2) is 0 Å². The van der Waals surface area contributed by atoms with Gasteiger partial charge in [0, 0.05) is 37.8 Å². The molecule has 1 aromatic rings. The summed E-state index contributed by atoms with van der Waals surface area (Å²) in [5.41, 5.74) is 1.34. The Morgan fingerprint density at radius 3 is 2.62 bits per heavy atom. The lowest BCUT2D eigenvalue weighted by Gasteiger charge is -2.38. The van der Waals surface area contributed by atoms with Gasteiger partial charge >= 0.3 is 0 Å². The minimum Gasteiger partial charge on any atom is -0.326 e. The van der Waals surface area contributed by atoms with Gasteiger partial charge in [0.2, 0.25) is 5.91 Å². The fourth-order valence-electron chi connectivity index (χ4n) is 2.39. The van der Waals surface area contributed by atoms with Crippen LogP contribution in [0.2, 0.25) is 0 Å². The lowest BCUT2D eigenvalue weighted by atomic mass is 10.1. The second-order valence-electron chi connectivity index (χ2n) is 5.34. The Hall–Kier alpha value is -1.90. The van der Waals surface area contributed by atoms with E-state index in [1.54, 1.807) is 24.3 Å². The fraction of sp³-hybridized carbons (Fsp3) is 0.500. The third-order valence-electron chi connectivity index (χ3n) is 3.71. The zero-order valence-electron chi connectivity index (χ0n) is 12.4. The van der Waals surface area contributed by atoms with Crippen LogP contribution in [0.25, 0.3) is 0 Å². The summed E-state index contributed by atoms with van der Waals surface area (Å²) in [5.74, 6) is 0.0214. The average molecular weight is 286 g/mol. The molecule has 2 N–H and O–H groups in total. The minimum atomic E-state index is 0.0214. The molecule has 21 heavy (non-hydrogen) atoms. The van der Waals surface area contributed by atoms with E-state index in [9.17, 15) is 4.79 Å². The number of nitrogens with zero attached hydrogens (tertiary/aromatic N) is 2. The van der Waals surface area contributed by atoms with Crippen LogP contribution in [0.4, 0.5) is 5.69 Å². The number of benzene rings is 1. The molecule has 1 amide bonds. The highest BCUT2D eigenvalue weighted by Crippen LogP contribution is 2.10. The van der Waals surface area contributed by atoms with Crippen molar-refractivity contribution in [2.75, 3.05) is 31.5 Å². The first-order valence-electron chi connectivity index (χ1n) is 7.47. The molecule has 0 radical (unpaired) electrons. The van der Waals surface area contributed by atoms with E-state index in [2.05, 4.69) is 28.5 Å². The summed E-state index contributed by atoms with van der Waals surface area (Å²) in [5, 5.41) is 14.9. The van der Waals surface area contributed by atoms with Crippen molar-refractivity contribution < 1.29 is 4.79 Å². The van der Waals surface area contributed by atoms with Gasteiger partial charge in [-0.3, -0.25) is 9.69 Å². The fourth-order valence-corrected chi connectivity index (χ4v) is 2.39. The lowest BCUT2D eigenvalue weighted by molar-refractivity contribution is -0.116. The van der Waals surface area contributed by atoms with Crippen LogP contribution >= 0.6 is 0 Å². The highest BCUT2D eigenvalue weighted by molar-refractivity contribution is 5.90. The molecule has 5 nitrogen and oxygen atoms in total. The number of nitrogens with one attached hydrogen (secondary N) is 2. The van der Waals surface area contributed by atoms with Crippen LogP contribution in [0, 0.1) is 11.3 Å². The molecule has 0 aromatic heterocycles. The second-order valence-corrected chi connectivity index (χ2v) is 5.34. The Labute approximate surface area is 125 Å². The maximum Gasteiger partial charge on any atom is 0.225 e. The van der Waals surface area contributed by atoms with Gasteiger partial charge in [0.25, 0.3) is 0 Å². The first-order valence-corrected chi connectivity index (χ1v) is 7.47. The first kappa shape index (κ1) is 15.5. The van der Waals surface area contributed by atoms with E-state index in [0.29, 0.717) is 18.0 Å². The third-order valence-corrected chi connectivity index (χ3v) is 3.71. The van der Waals surface area contributed by atoms with Gasteiger partial charge in [0.1, 0.15) is 0 Å². The van der Waals surface area contributed by atoms with E-state index in [0.717, 1.165) is 38.3 Å². The highest BCUT2D eigenvalue weighted by atomic mass is 16.1.